The fourth-order valence-corrected chi connectivity index (χ4v) is 1.99. The van der Waals surface area contributed by atoms with Crippen molar-refractivity contribution in [3.8, 4) is 5.88 Å². The molecule has 0 atom stereocenters. The van der Waals surface area contributed by atoms with Crippen LogP contribution >= 0.6 is 0 Å². The molecule has 3 heteroatoms. The van der Waals surface area contributed by atoms with Gasteiger partial charge in [0.15, 0.2) is 0 Å². The first-order chi connectivity index (χ1) is 7.40. The van der Waals surface area contributed by atoms with E-state index in [0.717, 1.165) is 18.9 Å². The molecule has 1 aromatic rings. The minimum Gasteiger partial charge on any atom is -0.481 e. The number of ether oxygens (including phenoxy) is 1. The van der Waals surface area contributed by atoms with E-state index < -0.39 is 0 Å². The van der Waals surface area contributed by atoms with Crippen molar-refractivity contribution in [3.05, 3.63) is 18.2 Å². The number of hydrogen-bond donors (Lipinski definition) is 0. The molecule has 1 aromatic heterocycles. The number of pyridine rings is 1. The zero-order chi connectivity index (χ0) is 10.5. The molecule has 1 aliphatic heterocycles. The lowest BCUT2D eigenvalue weighted by molar-refractivity contribution is 0.398. The van der Waals surface area contributed by atoms with Crippen molar-refractivity contribution in [2.45, 2.75) is 25.7 Å². The highest BCUT2D eigenvalue weighted by Crippen LogP contribution is 2.19. The highest BCUT2D eigenvalue weighted by Gasteiger charge is 2.11. The summed E-state index contributed by atoms with van der Waals surface area (Å²) in [5, 5.41) is 0. The molecule has 0 aromatic carbocycles. The van der Waals surface area contributed by atoms with Crippen LogP contribution in [0, 0.1) is 0 Å². The molecule has 0 spiro atoms. The van der Waals surface area contributed by atoms with Crippen molar-refractivity contribution < 1.29 is 4.74 Å². The van der Waals surface area contributed by atoms with Crippen molar-refractivity contribution in [2.75, 3.05) is 25.1 Å². The van der Waals surface area contributed by atoms with Crippen molar-refractivity contribution in [1.29, 1.82) is 0 Å². The average molecular weight is 206 g/mol. The minimum atomic E-state index is 0.705. The first kappa shape index (κ1) is 10.3. The fourth-order valence-electron chi connectivity index (χ4n) is 1.99. The van der Waals surface area contributed by atoms with Gasteiger partial charge in [-0.05, 0) is 18.9 Å². The second kappa shape index (κ2) is 5.01. The van der Waals surface area contributed by atoms with Gasteiger partial charge in [0.1, 0.15) is 5.82 Å². The van der Waals surface area contributed by atoms with Crippen molar-refractivity contribution in [2.24, 2.45) is 0 Å². The van der Waals surface area contributed by atoms with Gasteiger partial charge in [0, 0.05) is 19.2 Å². The molecule has 1 aliphatic rings. The fraction of sp³-hybridized carbons (Fsp3) is 0.583. The number of methoxy groups -OCH3 is 1. The Hall–Kier alpha value is -1.25. The van der Waals surface area contributed by atoms with Crippen LogP contribution in [0.25, 0.3) is 0 Å². The van der Waals surface area contributed by atoms with Crippen LogP contribution in [0.5, 0.6) is 5.88 Å². The van der Waals surface area contributed by atoms with E-state index in [0.29, 0.717) is 5.88 Å². The van der Waals surface area contributed by atoms with Crippen LogP contribution < -0.4 is 9.64 Å². The van der Waals surface area contributed by atoms with Gasteiger partial charge in [0.2, 0.25) is 5.88 Å². The second-order valence-electron chi connectivity index (χ2n) is 3.94. The number of rotatable bonds is 2. The Morgan fingerprint density at radius 1 is 1.13 bits per heavy atom. The van der Waals surface area contributed by atoms with Crippen LogP contribution in [0.3, 0.4) is 0 Å². The molecule has 15 heavy (non-hydrogen) atoms. The summed E-state index contributed by atoms with van der Waals surface area (Å²) in [5.41, 5.74) is 0. The summed E-state index contributed by atoms with van der Waals surface area (Å²) in [6, 6.07) is 5.96. The number of anilines is 1. The highest BCUT2D eigenvalue weighted by atomic mass is 16.5. The molecule has 0 radical (unpaired) electrons. The van der Waals surface area contributed by atoms with E-state index in [4.69, 9.17) is 4.74 Å². The van der Waals surface area contributed by atoms with Gasteiger partial charge in [0.05, 0.1) is 7.11 Å². The van der Waals surface area contributed by atoms with Gasteiger partial charge in [-0.15, -0.1) is 0 Å². The van der Waals surface area contributed by atoms with E-state index in [2.05, 4.69) is 16.0 Å². The SMILES string of the molecule is COc1cccc(N2CCCCCC2)n1. The Morgan fingerprint density at radius 3 is 2.53 bits per heavy atom. The van der Waals surface area contributed by atoms with Gasteiger partial charge in [-0.25, -0.2) is 0 Å². The number of nitrogens with zero attached hydrogens (tertiary/aromatic N) is 2. The molecular formula is C12H18N2O. The summed E-state index contributed by atoms with van der Waals surface area (Å²) >= 11 is 0. The molecule has 1 saturated heterocycles. The quantitative estimate of drug-likeness (QED) is 0.743. The third-order valence-electron chi connectivity index (χ3n) is 2.85. The molecule has 0 N–H and O–H groups in total. The third-order valence-corrected chi connectivity index (χ3v) is 2.85. The van der Waals surface area contributed by atoms with Gasteiger partial charge in [0.25, 0.3) is 0 Å². The van der Waals surface area contributed by atoms with Crippen LogP contribution in [0.4, 0.5) is 5.82 Å². The van der Waals surface area contributed by atoms with Crippen LogP contribution in [0.2, 0.25) is 0 Å². The standard InChI is InChI=1S/C12H18N2O/c1-15-12-8-6-7-11(13-12)14-9-4-2-3-5-10-14/h6-8H,2-5,9-10H2,1H3. The molecular weight excluding hydrogens is 188 g/mol. The average Bonchev–Trinajstić information content (AvgIpc) is 2.58. The maximum Gasteiger partial charge on any atom is 0.214 e. The Morgan fingerprint density at radius 2 is 1.87 bits per heavy atom. The zero-order valence-electron chi connectivity index (χ0n) is 9.28. The van der Waals surface area contributed by atoms with Crippen LogP contribution in [0.15, 0.2) is 18.2 Å². The van der Waals surface area contributed by atoms with E-state index in [1.165, 1.54) is 25.7 Å². The first-order valence-corrected chi connectivity index (χ1v) is 5.66. The Labute approximate surface area is 91.1 Å². The van der Waals surface area contributed by atoms with Crippen LogP contribution in [-0.2, 0) is 0 Å². The largest absolute Gasteiger partial charge is 0.481 e. The molecule has 0 amide bonds. The smallest absolute Gasteiger partial charge is 0.214 e. The number of hydrogen-bond acceptors (Lipinski definition) is 3. The Kier molecular flexibility index (Phi) is 3.43. The van der Waals surface area contributed by atoms with E-state index in [9.17, 15) is 0 Å². The van der Waals surface area contributed by atoms with Crippen molar-refractivity contribution >= 4 is 5.82 Å². The first-order valence-electron chi connectivity index (χ1n) is 5.66. The predicted octanol–water partition coefficient (Wildman–Crippen LogP) is 2.47. The van der Waals surface area contributed by atoms with Gasteiger partial charge >= 0.3 is 0 Å². The summed E-state index contributed by atoms with van der Waals surface area (Å²) < 4.78 is 5.14. The second-order valence-corrected chi connectivity index (χ2v) is 3.94. The maximum atomic E-state index is 5.14. The third kappa shape index (κ3) is 2.61. The summed E-state index contributed by atoms with van der Waals surface area (Å²) in [4.78, 5) is 6.82. The molecule has 0 bridgehead atoms. The van der Waals surface area contributed by atoms with Crippen LogP contribution in [-0.4, -0.2) is 25.2 Å². The topological polar surface area (TPSA) is 25.4 Å². The summed E-state index contributed by atoms with van der Waals surface area (Å²) in [6.07, 6.45) is 5.25. The van der Waals surface area contributed by atoms with E-state index in [1.807, 2.05) is 12.1 Å². The lowest BCUT2D eigenvalue weighted by Crippen LogP contribution is -2.24. The summed E-state index contributed by atoms with van der Waals surface area (Å²) in [6.45, 7) is 2.25. The Balaban J connectivity index is 2.12. The van der Waals surface area contributed by atoms with E-state index in [1.54, 1.807) is 7.11 Å². The molecule has 2 heterocycles. The summed E-state index contributed by atoms with van der Waals surface area (Å²) in [5.74, 6) is 1.76. The lowest BCUT2D eigenvalue weighted by atomic mass is 10.2. The number of aromatic nitrogens is 1. The Bertz CT molecular complexity index is 306. The van der Waals surface area contributed by atoms with Gasteiger partial charge in [-0.3, -0.25) is 0 Å². The highest BCUT2D eigenvalue weighted by molar-refractivity contribution is 5.40. The van der Waals surface area contributed by atoms with Gasteiger partial charge in [-0.1, -0.05) is 18.9 Å². The van der Waals surface area contributed by atoms with Crippen molar-refractivity contribution in [3.63, 3.8) is 0 Å². The molecule has 2 rings (SSSR count). The lowest BCUT2D eigenvalue weighted by Gasteiger charge is -2.21. The van der Waals surface area contributed by atoms with Crippen LogP contribution in [0.1, 0.15) is 25.7 Å². The molecule has 3 nitrogen and oxygen atoms in total. The molecule has 0 unspecified atom stereocenters. The van der Waals surface area contributed by atoms with Crippen molar-refractivity contribution in [1.82, 2.24) is 4.98 Å². The van der Waals surface area contributed by atoms with Gasteiger partial charge < -0.3 is 9.64 Å². The monoisotopic (exact) mass is 206 g/mol. The van der Waals surface area contributed by atoms with Gasteiger partial charge in [-0.2, -0.15) is 4.98 Å². The maximum absolute atomic E-state index is 5.14. The van der Waals surface area contributed by atoms with E-state index >= 15 is 0 Å². The molecule has 82 valence electrons. The molecule has 0 aliphatic carbocycles. The minimum absolute atomic E-state index is 0.705. The zero-order valence-corrected chi connectivity index (χ0v) is 9.28. The molecule has 1 fully saturated rings. The van der Waals surface area contributed by atoms with E-state index in [-0.39, 0.29) is 0 Å². The normalized spacial score (nSPS) is 17.3. The molecule has 0 saturated carbocycles. The summed E-state index contributed by atoms with van der Waals surface area (Å²) in [7, 11) is 1.66. The predicted molar refractivity (Wildman–Crippen MR) is 61.5 cm³/mol.